The summed E-state index contributed by atoms with van der Waals surface area (Å²) in [6, 6.07) is 8.20. The molecule has 1 amide bonds. The van der Waals surface area contributed by atoms with Gasteiger partial charge in [-0.05, 0) is 31.7 Å². The van der Waals surface area contributed by atoms with Crippen LogP contribution in [-0.2, 0) is 25.4 Å². The number of hydrogen-bond donors (Lipinski definition) is 0. The van der Waals surface area contributed by atoms with E-state index >= 15 is 0 Å². The minimum absolute atomic E-state index is 0.115. The van der Waals surface area contributed by atoms with Crippen LogP contribution in [0.4, 0.5) is 0 Å². The molecule has 2 aliphatic rings. The Balaban J connectivity index is 1.49. The lowest BCUT2D eigenvalue weighted by Crippen LogP contribution is -2.52. The van der Waals surface area contributed by atoms with Crippen molar-refractivity contribution in [3.63, 3.8) is 0 Å². The summed E-state index contributed by atoms with van der Waals surface area (Å²) in [6.45, 7) is 5.62. The smallest absolute Gasteiger partial charge is 0.226 e. The van der Waals surface area contributed by atoms with E-state index in [2.05, 4.69) is 19.1 Å². The summed E-state index contributed by atoms with van der Waals surface area (Å²) >= 11 is 0. The number of carbonyl (C=O) groups is 1. The Bertz CT molecular complexity index is 595. The molecule has 5 heteroatoms. The summed E-state index contributed by atoms with van der Waals surface area (Å²) in [5.41, 5.74) is 2.18. The molecule has 3 rings (SSSR count). The number of carbonyl (C=O) groups excluding carboxylic acids is 1. The normalized spacial score (nSPS) is 22.5. The number of rotatable bonds is 6. The van der Waals surface area contributed by atoms with Crippen LogP contribution in [0.2, 0.25) is 0 Å². The summed E-state index contributed by atoms with van der Waals surface area (Å²) < 4.78 is 17.2. The van der Waals surface area contributed by atoms with E-state index < -0.39 is 0 Å². The third kappa shape index (κ3) is 5.06. The van der Waals surface area contributed by atoms with E-state index in [-0.39, 0.29) is 17.6 Å². The van der Waals surface area contributed by atoms with Crippen LogP contribution in [-0.4, -0.2) is 62.5 Å². The molecule has 2 heterocycles. The predicted molar refractivity (Wildman–Crippen MR) is 100 cm³/mol. The molecule has 5 nitrogen and oxygen atoms in total. The maximum Gasteiger partial charge on any atom is 0.226 e. The Morgan fingerprint density at radius 1 is 1.31 bits per heavy atom. The van der Waals surface area contributed by atoms with Crippen LogP contribution in [0.5, 0.6) is 0 Å². The lowest BCUT2D eigenvalue weighted by atomic mass is 9.83. The van der Waals surface area contributed by atoms with Crippen molar-refractivity contribution < 1.29 is 19.0 Å². The number of benzene rings is 1. The van der Waals surface area contributed by atoms with E-state index in [9.17, 15) is 4.79 Å². The van der Waals surface area contributed by atoms with Crippen LogP contribution in [0.15, 0.2) is 24.3 Å². The van der Waals surface area contributed by atoms with Crippen LogP contribution < -0.4 is 0 Å². The number of nitrogens with zero attached hydrogens (tertiary/aromatic N) is 1. The molecule has 2 fully saturated rings. The predicted octanol–water partition coefficient (Wildman–Crippen LogP) is 2.74. The summed E-state index contributed by atoms with van der Waals surface area (Å²) in [5, 5.41) is 0. The third-order valence-electron chi connectivity index (χ3n) is 5.55. The SMILES string of the molecule is COCCO[C@H]1CCOC2(CCN(C(=O)Cc3cccc(C)c3)CC2)C1. The first kappa shape index (κ1) is 19.3. The Labute approximate surface area is 156 Å². The molecule has 26 heavy (non-hydrogen) atoms. The quantitative estimate of drug-likeness (QED) is 0.731. The number of amides is 1. The molecule has 2 aliphatic heterocycles. The minimum Gasteiger partial charge on any atom is -0.382 e. The lowest BCUT2D eigenvalue weighted by molar-refractivity contribution is -0.162. The second-order valence-electron chi connectivity index (χ2n) is 7.56. The van der Waals surface area contributed by atoms with E-state index in [1.54, 1.807) is 7.11 Å². The molecule has 2 saturated heterocycles. The van der Waals surface area contributed by atoms with E-state index in [0.29, 0.717) is 19.6 Å². The Morgan fingerprint density at radius 2 is 2.12 bits per heavy atom. The zero-order valence-electron chi connectivity index (χ0n) is 16.0. The molecular formula is C21H31NO4. The van der Waals surface area contributed by atoms with E-state index in [1.807, 2.05) is 17.0 Å². The molecule has 1 aromatic rings. The number of hydrogen-bond acceptors (Lipinski definition) is 4. The van der Waals surface area contributed by atoms with Gasteiger partial charge in [-0.15, -0.1) is 0 Å². The molecule has 0 saturated carbocycles. The minimum atomic E-state index is -0.115. The van der Waals surface area contributed by atoms with Crippen molar-refractivity contribution in [2.45, 2.75) is 50.7 Å². The van der Waals surface area contributed by atoms with Crippen LogP contribution in [0.25, 0.3) is 0 Å². The summed E-state index contributed by atoms with van der Waals surface area (Å²) in [4.78, 5) is 14.6. The maximum atomic E-state index is 12.6. The fraction of sp³-hybridized carbons (Fsp3) is 0.667. The third-order valence-corrected chi connectivity index (χ3v) is 5.55. The van der Waals surface area contributed by atoms with Gasteiger partial charge in [0.1, 0.15) is 0 Å². The van der Waals surface area contributed by atoms with Gasteiger partial charge in [0.2, 0.25) is 5.91 Å². The molecule has 1 spiro atoms. The first-order valence-corrected chi connectivity index (χ1v) is 9.68. The van der Waals surface area contributed by atoms with Gasteiger partial charge in [-0.25, -0.2) is 0 Å². The zero-order chi connectivity index (χ0) is 18.4. The Kier molecular flexibility index (Phi) is 6.68. The second-order valence-corrected chi connectivity index (χ2v) is 7.56. The molecule has 0 bridgehead atoms. The van der Waals surface area contributed by atoms with E-state index in [0.717, 1.165) is 50.9 Å². The van der Waals surface area contributed by atoms with Crippen molar-refractivity contribution in [3.8, 4) is 0 Å². The van der Waals surface area contributed by atoms with Crippen molar-refractivity contribution in [2.24, 2.45) is 0 Å². The summed E-state index contributed by atoms with van der Waals surface area (Å²) in [6.07, 6.45) is 4.40. The highest BCUT2D eigenvalue weighted by molar-refractivity contribution is 5.79. The molecule has 144 valence electrons. The van der Waals surface area contributed by atoms with Crippen molar-refractivity contribution in [1.29, 1.82) is 0 Å². The average molecular weight is 361 g/mol. The number of aryl methyl sites for hydroxylation is 1. The van der Waals surface area contributed by atoms with Crippen LogP contribution in [0.3, 0.4) is 0 Å². The van der Waals surface area contributed by atoms with Crippen molar-refractivity contribution in [3.05, 3.63) is 35.4 Å². The summed E-state index contributed by atoms with van der Waals surface area (Å²) in [7, 11) is 1.69. The van der Waals surface area contributed by atoms with E-state index in [1.165, 1.54) is 5.56 Å². The van der Waals surface area contributed by atoms with Gasteiger partial charge in [-0.1, -0.05) is 29.8 Å². The first-order valence-electron chi connectivity index (χ1n) is 9.68. The van der Waals surface area contributed by atoms with Gasteiger partial charge >= 0.3 is 0 Å². The largest absolute Gasteiger partial charge is 0.382 e. The van der Waals surface area contributed by atoms with Gasteiger partial charge in [0.05, 0.1) is 31.3 Å². The highest BCUT2D eigenvalue weighted by Gasteiger charge is 2.41. The fourth-order valence-corrected chi connectivity index (χ4v) is 4.04. The highest BCUT2D eigenvalue weighted by Crippen LogP contribution is 2.36. The summed E-state index contributed by atoms with van der Waals surface area (Å²) in [5.74, 6) is 0.217. The molecule has 0 aromatic heterocycles. The lowest BCUT2D eigenvalue weighted by Gasteiger charge is -2.46. The Morgan fingerprint density at radius 3 is 2.85 bits per heavy atom. The molecule has 0 aliphatic carbocycles. The molecule has 0 radical (unpaired) electrons. The van der Waals surface area contributed by atoms with Gasteiger partial charge in [0, 0.05) is 33.2 Å². The maximum absolute atomic E-state index is 12.6. The van der Waals surface area contributed by atoms with Gasteiger partial charge in [-0.3, -0.25) is 4.79 Å². The van der Waals surface area contributed by atoms with Gasteiger partial charge in [0.25, 0.3) is 0 Å². The highest BCUT2D eigenvalue weighted by atomic mass is 16.5. The number of methoxy groups -OCH3 is 1. The second kappa shape index (κ2) is 8.98. The molecule has 0 unspecified atom stereocenters. The number of piperidine rings is 1. The molecule has 1 aromatic carbocycles. The zero-order valence-corrected chi connectivity index (χ0v) is 16.0. The standard InChI is InChI=1S/C21H31NO4/c1-17-4-3-5-18(14-17)15-20(23)22-9-7-21(8-10-22)16-19(6-11-26-21)25-13-12-24-2/h3-5,14,19H,6-13,15-16H2,1-2H3/t19-/m0/s1. The van der Waals surface area contributed by atoms with Gasteiger partial charge in [0.15, 0.2) is 0 Å². The van der Waals surface area contributed by atoms with Crippen LogP contribution in [0, 0.1) is 6.92 Å². The fourth-order valence-electron chi connectivity index (χ4n) is 4.04. The van der Waals surface area contributed by atoms with Gasteiger partial charge < -0.3 is 19.1 Å². The van der Waals surface area contributed by atoms with E-state index in [4.69, 9.17) is 14.2 Å². The molecule has 0 N–H and O–H groups in total. The van der Waals surface area contributed by atoms with Crippen LogP contribution >= 0.6 is 0 Å². The topological polar surface area (TPSA) is 48.0 Å². The molecule has 1 atom stereocenters. The monoisotopic (exact) mass is 361 g/mol. The van der Waals surface area contributed by atoms with Crippen LogP contribution in [0.1, 0.15) is 36.8 Å². The van der Waals surface area contributed by atoms with Crippen molar-refractivity contribution >= 4 is 5.91 Å². The first-order chi connectivity index (χ1) is 12.6. The van der Waals surface area contributed by atoms with Crippen molar-refractivity contribution in [2.75, 3.05) is 40.0 Å². The average Bonchev–Trinajstić information content (AvgIpc) is 2.63. The molecular weight excluding hydrogens is 330 g/mol. The Hall–Kier alpha value is -1.43. The van der Waals surface area contributed by atoms with Crippen molar-refractivity contribution in [1.82, 2.24) is 4.90 Å². The number of likely N-dealkylation sites (tertiary alicyclic amines) is 1. The van der Waals surface area contributed by atoms with Gasteiger partial charge in [-0.2, -0.15) is 0 Å². The number of ether oxygens (including phenoxy) is 3.